The third-order valence-corrected chi connectivity index (χ3v) is 3.49. The van der Waals surface area contributed by atoms with Gasteiger partial charge < -0.3 is 4.90 Å². The molecule has 0 radical (unpaired) electrons. The lowest BCUT2D eigenvalue weighted by molar-refractivity contribution is 0.210. The van der Waals surface area contributed by atoms with E-state index in [9.17, 15) is 0 Å². The van der Waals surface area contributed by atoms with Crippen LogP contribution in [0, 0.1) is 0 Å². The fourth-order valence-electron chi connectivity index (χ4n) is 2.47. The molecule has 4 nitrogen and oxygen atoms in total. The van der Waals surface area contributed by atoms with E-state index < -0.39 is 0 Å². The minimum absolute atomic E-state index is 0.872. The average molecular weight is 224 g/mol. The summed E-state index contributed by atoms with van der Waals surface area (Å²) >= 11 is 0. The minimum atomic E-state index is 0.872. The molecule has 0 saturated carbocycles. The van der Waals surface area contributed by atoms with Crippen LogP contribution in [0.4, 0.5) is 0 Å². The lowest BCUT2D eigenvalue weighted by Crippen LogP contribution is -2.32. The van der Waals surface area contributed by atoms with Gasteiger partial charge in [-0.1, -0.05) is 11.6 Å². The van der Waals surface area contributed by atoms with E-state index in [2.05, 4.69) is 20.2 Å². The SMILES string of the molecule is C1CCN(CCN=NN2CCCCC2)CC1. The van der Waals surface area contributed by atoms with Gasteiger partial charge in [-0.25, -0.2) is 0 Å². The van der Waals surface area contributed by atoms with Gasteiger partial charge in [0, 0.05) is 19.6 Å². The summed E-state index contributed by atoms with van der Waals surface area (Å²) in [7, 11) is 0. The minimum Gasteiger partial charge on any atom is -0.301 e. The molecule has 2 fully saturated rings. The van der Waals surface area contributed by atoms with Crippen LogP contribution in [0.15, 0.2) is 10.3 Å². The first kappa shape index (κ1) is 11.8. The van der Waals surface area contributed by atoms with E-state index >= 15 is 0 Å². The van der Waals surface area contributed by atoms with Crippen molar-refractivity contribution in [3.63, 3.8) is 0 Å². The van der Waals surface area contributed by atoms with Crippen molar-refractivity contribution in [1.82, 2.24) is 9.91 Å². The van der Waals surface area contributed by atoms with Gasteiger partial charge in [-0.05, 0) is 45.2 Å². The molecule has 0 atom stereocenters. The summed E-state index contributed by atoms with van der Waals surface area (Å²) in [5.41, 5.74) is 0. The first-order chi connectivity index (χ1) is 7.95. The van der Waals surface area contributed by atoms with Gasteiger partial charge in [0.25, 0.3) is 0 Å². The molecule has 2 heterocycles. The molecule has 0 N–H and O–H groups in total. The van der Waals surface area contributed by atoms with Gasteiger partial charge in [-0.15, -0.1) is 0 Å². The second-order valence-corrected chi connectivity index (χ2v) is 4.87. The Hall–Kier alpha value is -0.640. The van der Waals surface area contributed by atoms with E-state index in [1.165, 1.54) is 51.6 Å². The van der Waals surface area contributed by atoms with E-state index in [1.54, 1.807) is 0 Å². The highest BCUT2D eigenvalue weighted by molar-refractivity contribution is 4.65. The van der Waals surface area contributed by atoms with Crippen molar-refractivity contribution < 1.29 is 0 Å². The van der Waals surface area contributed by atoms with Gasteiger partial charge in [0.2, 0.25) is 0 Å². The molecule has 16 heavy (non-hydrogen) atoms. The maximum Gasteiger partial charge on any atom is 0.0747 e. The number of rotatable bonds is 4. The Kier molecular flexibility index (Phi) is 5.06. The molecular weight excluding hydrogens is 200 g/mol. The Morgan fingerprint density at radius 3 is 2.06 bits per heavy atom. The van der Waals surface area contributed by atoms with Crippen molar-refractivity contribution in [2.75, 3.05) is 39.3 Å². The molecule has 2 rings (SSSR count). The van der Waals surface area contributed by atoms with E-state index in [0.29, 0.717) is 0 Å². The van der Waals surface area contributed by atoms with Crippen LogP contribution in [0.25, 0.3) is 0 Å². The van der Waals surface area contributed by atoms with Crippen LogP contribution < -0.4 is 0 Å². The number of likely N-dealkylation sites (tertiary alicyclic amines) is 1. The molecule has 0 spiro atoms. The van der Waals surface area contributed by atoms with Crippen LogP contribution in [-0.4, -0.2) is 49.2 Å². The summed E-state index contributed by atoms with van der Waals surface area (Å²) in [6, 6.07) is 0. The van der Waals surface area contributed by atoms with Crippen LogP contribution in [0.1, 0.15) is 38.5 Å². The highest BCUT2D eigenvalue weighted by Crippen LogP contribution is 2.09. The smallest absolute Gasteiger partial charge is 0.0747 e. The van der Waals surface area contributed by atoms with Crippen molar-refractivity contribution in [3.8, 4) is 0 Å². The Balaban J connectivity index is 1.57. The standard InChI is InChI=1S/C12H24N4/c1-3-8-15(9-4-1)12-7-13-14-16-10-5-2-6-11-16/h1-12H2. The first-order valence-corrected chi connectivity index (χ1v) is 6.80. The third-order valence-electron chi connectivity index (χ3n) is 3.49. The van der Waals surface area contributed by atoms with Crippen LogP contribution >= 0.6 is 0 Å². The lowest BCUT2D eigenvalue weighted by atomic mass is 10.1. The molecule has 92 valence electrons. The third kappa shape index (κ3) is 4.08. The monoisotopic (exact) mass is 224 g/mol. The van der Waals surface area contributed by atoms with Gasteiger partial charge >= 0.3 is 0 Å². The Bertz CT molecular complexity index is 205. The van der Waals surface area contributed by atoms with E-state index in [-0.39, 0.29) is 0 Å². The fourth-order valence-corrected chi connectivity index (χ4v) is 2.47. The zero-order valence-electron chi connectivity index (χ0n) is 10.3. The second-order valence-electron chi connectivity index (χ2n) is 4.87. The van der Waals surface area contributed by atoms with E-state index in [0.717, 1.165) is 26.2 Å². The summed E-state index contributed by atoms with van der Waals surface area (Å²) < 4.78 is 0. The highest BCUT2D eigenvalue weighted by Gasteiger charge is 2.09. The molecule has 0 aromatic carbocycles. The van der Waals surface area contributed by atoms with Gasteiger partial charge in [0.05, 0.1) is 6.54 Å². The van der Waals surface area contributed by atoms with E-state index in [1.807, 2.05) is 0 Å². The molecule has 4 heteroatoms. The van der Waals surface area contributed by atoms with Gasteiger partial charge in [-0.3, -0.25) is 5.01 Å². The maximum atomic E-state index is 4.30. The van der Waals surface area contributed by atoms with Gasteiger partial charge in [0.1, 0.15) is 0 Å². The molecule has 2 aliphatic heterocycles. The summed E-state index contributed by atoms with van der Waals surface area (Å²) in [4.78, 5) is 2.51. The summed E-state index contributed by atoms with van der Waals surface area (Å²) in [6.07, 6.45) is 8.06. The Morgan fingerprint density at radius 2 is 1.38 bits per heavy atom. The molecule has 0 aromatic rings. The first-order valence-electron chi connectivity index (χ1n) is 6.80. The average Bonchev–Trinajstić information content (AvgIpc) is 2.37. The van der Waals surface area contributed by atoms with E-state index in [4.69, 9.17) is 0 Å². The molecule has 0 unspecified atom stereocenters. The number of hydrogen-bond donors (Lipinski definition) is 0. The molecule has 0 aliphatic carbocycles. The number of nitrogens with zero attached hydrogens (tertiary/aromatic N) is 4. The predicted molar refractivity (Wildman–Crippen MR) is 65.4 cm³/mol. The highest BCUT2D eigenvalue weighted by atomic mass is 15.5. The molecule has 0 amide bonds. The van der Waals surface area contributed by atoms with Crippen molar-refractivity contribution in [3.05, 3.63) is 0 Å². The van der Waals surface area contributed by atoms with Crippen LogP contribution in [-0.2, 0) is 0 Å². The zero-order chi connectivity index (χ0) is 11.1. The maximum absolute atomic E-state index is 4.30. The van der Waals surface area contributed by atoms with Gasteiger partial charge in [0.15, 0.2) is 0 Å². The van der Waals surface area contributed by atoms with Crippen molar-refractivity contribution in [1.29, 1.82) is 0 Å². The largest absolute Gasteiger partial charge is 0.301 e. The van der Waals surface area contributed by atoms with Crippen LogP contribution in [0.3, 0.4) is 0 Å². The summed E-state index contributed by atoms with van der Waals surface area (Å²) in [6.45, 7) is 6.70. The molecule has 2 saturated heterocycles. The van der Waals surface area contributed by atoms with Crippen molar-refractivity contribution in [2.45, 2.75) is 38.5 Å². The second kappa shape index (κ2) is 6.84. The summed E-state index contributed by atoms with van der Waals surface area (Å²) in [5, 5.41) is 10.7. The Morgan fingerprint density at radius 1 is 0.750 bits per heavy atom. The molecule has 0 aromatic heterocycles. The number of piperidine rings is 2. The fraction of sp³-hybridized carbons (Fsp3) is 1.00. The molecule has 0 bridgehead atoms. The van der Waals surface area contributed by atoms with Crippen molar-refractivity contribution >= 4 is 0 Å². The lowest BCUT2D eigenvalue weighted by Gasteiger charge is -2.25. The van der Waals surface area contributed by atoms with Gasteiger partial charge in [-0.2, -0.15) is 5.11 Å². The predicted octanol–water partition coefficient (Wildman–Crippen LogP) is 2.33. The Labute approximate surface area is 98.7 Å². The molecule has 2 aliphatic rings. The number of hydrogen-bond acceptors (Lipinski definition) is 3. The van der Waals surface area contributed by atoms with Crippen LogP contribution in [0.2, 0.25) is 0 Å². The topological polar surface area (TPSA) is 31.2 Å². The molecular formula is C12H24N4. The normalized spacial score (nSPS) is 24.1. The zero-order valence-corrected chi connectivity index (χ0v) is 10.3. The summed E-state index contributed by atoms with van der Waals surface area (Å²) in [5.74, 6) is 0. The quantitative estimate of drug-likeness (QED) is 0.686. The van der Waals surface area contributed by atoms with Crippen molar-refractivity contribution in [2.24, 2.45) is 10.3 Å². The van der Waals surface area contributed by atoms with Crippen LogP contribution in [0.5, 0.6) is 0 Å².